The summed E-state index contributed by atoms with van der Waals surface area (Å²) in [5, 5.41) is 21.0. The molecule has 4 aromatic heterocycles. The zero-order valence-corrected chi connectivity index (χ0v) is 20.6. The Bertz CT molecular complexity index is 1580. The highest BCUT2D eigenvalue weighted by Gasteiger charge is 2.45. The molecule has 0 unspecified atom stereocenters. The highest BCUT2D eigenvalue weighted by molar-refractivity contribution is 6.00. The molecule has 0 aromatic carbocycles. The molecule has 0 aliphatic carbocycles. The van der Waals surface area contributed by atoms with E-state index in [1.807, 2.05) is 11.0 Å². The number of amides is 1. The van der Waals surface area contributed by atoms with Crippen LogP contribution >= 0.6 is 0 Å². The number of nitrogen functional groups attached to an aromatic ring is 1. The van der Waals surface area contributed by atoms with E-state index in [-0.39, 0.29) is 47.9 Å². The summed E-state index contributed by atoms with van der Waals surface area (Å²) in [7, 11) is 0. The Balaban J connectivity index is 1.38. The average Bonchev–Trinajstić information content (AvgIpc) is 3.65. The van der Waals surface area contributed by atoms with Gasteiger partial charge in [-0.3, -0.25) is 9.59 Å². The van der Waals surface area contributed by atoms with E-state index < -0.39 is 0 Å². The molecule has 0 saturated carbocycles. The van der Waals surface area contributed by atoms with E-state index in [1.54, 1.807) is 18.5 Å². The molecular formula is C26H25N9O3. The number of nitrogens with zero attached hydrogens (tertiary/aromatic N) is 7. The van der Waals surface area contributed by atoms with Gasteiger partial charge in [-0.05, 0) is 50.7 Å². The molecule has 12 heteroatoms. The van der Waals surface area contributed by atoms with Gasteiger partial charge in [0.25, 0.3) is 5.91 Å². The van der Waals surface area contributed by atoms with Crippen LogP contribution in [0.15, 0.2) is 30.9 Å². The maximum Gasteiger partial charge on any atom is 0.292 e. The molecule has 2 aliphatic heterocycles. The standard InChI is InChI=1S/C26H25N9O3/c1-14(37)21-22(16-9-18-6-7-19(10-16)34(18)26(38)24-29-13-30-33-24)32-25-20(12-31-35(25)23(21)27)15-4-5-17(28-11-15)3-2-8-36/h4-5,11-13,16,18-19,36H,6-10,27H2,1H3,(H,29,30,33)/t16-,18+,19-. The lowest BCUT2D eigenvalue weighted by molar-refractivity contribution is 0.0556. The van der Waals surface area contributed by atoms with E-state index in [9.17, 15) is 9.59 Å². The molecule has 1 amide bonds. The van der Waals surface area contributed by atoms with Crippen molar-refractivity contribution in [3.63, 3.8) is 0 Å². The lowest BCUT2D eigenvalue weighted by atomic mass is 9.85. The summed E-state index contributed by atoms with van der Waals surface area (Å²) in [6.07, 6.45) is 7.82. The van der Waals surface area contributed by atoms with Crippen LogP contribution in [0, 0.1) is 11.8 Å². The molecule has 2 saturated heterocycles. The summed E-state index contributed by atoms with van der Waals surface area (Å²) < 4.78 is 1.49. The van der Waals surface area contributed by atoms with Gasteiger partial charge in [0.05, 0.1) is 17.5 Å². The number of aromatic nitrogens is 7. The van der Waals surface area contributed by atoms with E-state index in [2.05, 4.69) is 37.1 Å². The summed E-state index contributed by atoms with van der Waals surface area (Å²) in [6.45, 7) is 1.25. The summed E-state index contributed by atoms with van der Waals surface area (Å²) in [4.78, 5) is 39.9. The van der Waals surface area contributed by atoms with Crippen molar-refractivity contribution < 1.29 is 14.7 Å². The van der Waals surface area contributed by atoms with Crippen molar-refractivity contribution in [2.24, 2.45) is 0 Å². The van der Waals surface area contributed by atoms with Crippen LogP contribution in [0.4, 0.5) is 5.82 Å². The van der Waals surface area contributed by atoms with E-state index in [0.717, 1.165) is 24.0 Å². The van der Waals surface area contributed by atoms with Gasteiger partial charge in [0.15, 0.2) is 11.4 Å². The summed E-state index contributed by atoms with van der Waals surface area (Å²) >= 11 is 0. The van der Waals surface area contributed by atoms with Crippen LogP contribution in [0.3, 0.4) is 0 Å². The molecule has 6 rings (SSSR count). The third-order valence-electron chi connectivity index (χ3n) is 7.41. The Morgan fingerprint density at radius 2 is 2.00 bits per heavy atom. The molecule has 2 bridgehead atoms. The monoisotopic (exact) mass is 511 g/mol. The molecule has 0 spiro atoms. The molecular weight excluding hydrogens is 486 g/mol. The van der Waals surface area contributed by atoms with E-state index in [1.165, 1.54) is 17.8 Å². The molecule has 2 aliphatic rings. The fourth-order valence-corrected chi connectivity index (χ4v) is 5.81. The summed E-state index contributed by atoms with van der Waals surface area (Å²) in [5.74, 6) is 5.46. The predicted octanol–water partition coefficient (Wildman–Crippen LogP) is 1.59. The predicted molar refractivity (Wildman–Crippen MR) is 136 cm³/mol. The second kappa shape index (κ2) is 9.35. The second-order valence-corrected chi connectivity index (χ2v) is 9.60. The number of Topliss-reactive ketones (excluding diaryl/α,β-unsaturated/α-hetero) is 1. The van der Waals surface area contributed by atoms with Gasteiger partial charge in [-0.1, -0.05) is 5.92 Å². The molecule has 6 heterocycles. The molecule has 0 radical (unpaired) electrons. The third-order valence-corrected chi connectivity index (χ3v) is 7.41. The number of hydrogen-bond donors (Lipinski definition) is 3. The van der Waals surface area contributed by atoms with Crippen molar-refractivity contribution in [2.75, 3.05) is 12.3 Å². The van der Waals surface area contributed by atoms with Crippen LogP contribution in [-0.4, -0.2) is 75.2 Å². The van der Waals surface area contributed by atoms with E-state index in [4.69, 9.17) is 15.8 Å². The van der Waals surface area contributed by atoms with E-state index in [0.29, 0.717) is 35.4 Å². The van der Waals surface area contributed by atoms with Gasteiger partial charge in [-0.25, -0.2) is 9.97 Å². The second-order valence-electron chi connectivity index (χ2n) is 9.60. The molecule has 4 N–H and O–H groups in total. The highest BCUT2D eigenvalue weighted by Crippen LogP contribution is 2.45. The van der Waals surface area contributed by atoms with Crippen LogP contribution < -0.4 is 5.73 Å². The Morgan fingerprint density at radius 1 is 1.21 bits per heavy atom. The minimum absolute atomic E-state index is 0.0107. The number of ketones is 1. The number of nitrogens with two attached hydrogens (primary N) is 1. The van der Waals surface area contributed by atoms with Crippen molar-refractivity contribution in [1.82, 2.24) is 39.7 Å². The number of aliphatic hydroxyl groups is 1. The summed E-state index contributed by atoms with van der Waals surface area (Å²) in [5.41, 5.74) is 10.1. The quantitative estimate of drug-likeness (QED) is 0.272. The zero-order chi connectivity index (χ0) is 26.4. The number of aromatic amines is 1. The Hall–Kier alpha value is -4.63. The fourth-order valence-electron chi connectivity index (χ4n) is 5.81. The lowest BCUT2D eigenvalue weighted by Gasteiger charge is -2.38. The van der Waals surface area contributed by atoms with Crippen molar-refractivity contribution in [2.45, 2.75) is 50.6 Å². The normalized spacial score (nSPS) is 20.4. The number of anilines is 1. The van der Waals surface area contributed by atoms with Gasteiger partial charge in [0, 0.05) is 35.3 Å². The topological polar surface area (TPSA) is 168 Å². The number of aliphatic hydroxyl groups excluding tert-OH is 1. The van der Waals surface area contributed by atoms with Gasteiger partial charge >= 0.3 is 0 Å². The Labute approximate surface area is 217 Å². The maximum absolute atomic E-state index is 13.1. The Kier molecular flexibility index (Phi) is 5.84. The number of carbonyl (C=O) groups is 2. The van der Waals surface area contributed by atoms with E-state index >= 15 is 0 Å². The first kappa shape index (κ1) is 23.7. The molecule has 12 nitrogen and oxygen atoms in total. The van der Waals surface area contributed by atoms with Crippen LogP contribution in [0.25, 0.3) is 16.8 Å². The number of pyridine rings is 1. The number of H-pyrrole nitrogens is 1. The number of carbonyl (C=O) groups excluding carboxylic acids is 2. The van der Waals surface area contributed by atoms with Gasteiger partial charge in [-0.2, -0.15) is 9.61 Å². The first-order valence-electron chi connectivity index (χ1n) is 12.4. The smallest absolute Gasteiger partial charge is 0.292 e. The van der Waals surface area contributed by atoms with Gasteiger partial charge in [0.1, 0.15) is 24.4 Å². The maximum atomic E-state index is 13.1. The minimum atomic E-state index is -0.239. The van der Waals surface area contributed by atoms with Gasteiger partial charge < -0.3 is 20.7 Å². The average molecular weight is 512 g/mol. The zero-order valence-electron chi connectivity index (χ0n) is 20.6. The van der Waals surface area contributed by atoms with Gasteiger partial charge in [-0.15, -0.1) is 10.2 Å². The molecule has 38 heavy (non-hydrogen) atoms. The number of nitrogens with one attached hydrogen (secondary N) is 1. The number of hydrogen-bond acceptors (Lipinski definition) is 9. The van der Waals surface area contributed by atoms with Crippen molar-refractivity contribution in [3.05, 3.63) is 53.6 Å². The van der Waals surface area contributed by atoms with Crippen LogP contribution in [0.2, 0.25) is 0 Å². The lowest BCUT2D eigenvalue weighted by Crippen LogP contribution is -2.46. The molecule has 2 fully saturated rings. The number of fused-ring (bicyclic) bond motifs is 3. The van der Waals surface area contributed by atoms with Crippen LogP contribution in [0.5, 0.6) is 0 Å². The van der Waals surface area contributed by atoms with Crippen molar-refractivity contribution in [3.8, 4) is 23.0 Å². The molecule has 192 valence electrons. The van der Waals surface area contributed by atoms with Crippen LogP contribution in [0.1, 0.15) is 70.9 Å². The molecule has 4 aromatic rings. The Morgan fingerprint density at radius 3 is 2.63 bits per heavy atom. The largest absolute Gasteiger partial charge is 0.384 e. The van der Waals surface area contributed by atoms with Crippen molar-refractivity contribution >= 4 is 23.2 Å². The van der Waals surface area contributed by atoms with Crippen molar-refractivity contribution in [1.29, 1.82) is 0 Å². The first-order valence-corrected chi connectivity index (χ1v) is 12.4. The summed E-state index contributed by atoms with van der Waals surface area (Å²) in [6, 6.07) is 3.64. The SMILES string of the molecule is CC(=O)c1c([C@H]2C[C@H]3CC[C@@H](C2)N3C(=O)c2nnc[nH]2)nc2c(-c3ccc(C#CCO)nc3)cnn2c1N. The first-order chi connectivity index (χ1) is 18.5. The number of piperidine rings is 1. The third kappa shape index (κ3) is 3.88. The van der Waals surface area contributed by atoms with Crippen LogP contribution in [-0.2, 0) is 0 Å². The van der Waals surface area contributed by atoms with Gasteiger partial charge in [0.2, 0.25) is 5.82 Å². The minimum Gasteiger partial charge on any atom is -0.384 e. The molecule has 3 atom stereocenters. The number of rotatable bonds is 4. The highest BCUT2D eigenvalue weighted by atomic mass is 16.2. The fraction of sp³-hybridized carbons (Fsp3) is 0.346.